The van der Waals surface area contributed by atoms with Gasteiger partial charge in [0, 0.05) is 17.6 Å². The van der Waals surface area contributed by atoms with Gasteiger partial charge in [-0.15, -0.1) is 0 Å². The Morgan fingerprint density at radius 1 is 1.33 bits per heavy atom. The molecule has 1 aliphatic heterocycles. The standard InChI is InChI=1S/C16H20O7S/c17-4-3-16(15(21)22,13-11(18)12(19)14(20)23-13)7-24-10-6-8-1-2-9(10)5-8/h1-2,8-10,12-13,17,19H,3-7H2,(H,21,22)/t8?,9?,10?,12?,13-,16-/m0/s1. The second-order valence-corrected chi connectivity index (χ2v) is 7.91. The van der Waals surface area contributed by atoms with E-state index in [9.17, 15) is 29.7 Å². The van der Waals surface area contributed by atoms with Crippen LogP contribution in [0.1, 0.15) is 19.3 Å². The second-order valence-electron chi connectivity index (χ2n) is 6.69. The molecule has 3 rings (SSSR count). The van der Waals surface area contributed by atoms with Crippen molar-refractivity contribution in [1.29, 1.82) is 0 Å². The van der Waals surface area contributed by atoms with Crippen LogP contribution in [0.15, 0.2) is 12.2 Å². The minimum atomic E-state index is -1.94. The topological polar surface area (TPSA) is 121 Å². The van der Waals surface area contributed by atoms with Crippen LogP contribution in [0.2, 0.25) is 0 Å². The first-order valence-electron chi connectivity index (χ1n) is 7.95. The Morgan fingerprint density at radius 3 is 2.54 bits per heavy atom. The summed E-state index contributed by atoms with van der Waals surface area (Å²) < 4.78 is 4.88. The van der Waals surface area contributed by atoms with Crippen molar-refractivity contribution in [3.8, 4) is 0 Å². The lowest BCUT2D eigenvalue weighted by atomic mass is 9.79. The molecule has 0 amide bonds. The Kier molecular flexibility index (Phi) is 4.72. The number of allylic oxidation sites excluding steroid dienone is 2. The highest BCUT2D eigenvalue weighted by Gasteiger charge is 2.58. The number of ketones is 1. The van der Waals surface area contributed by atoms with E-state index in [0.29, 0.717) is 11.8 Å². The van der Waals surface area contributed by atoms with Gasteiger partial charge in [0.2, 0.25) is 11.9 Å². The summed E-state index contributed by atoms with van der Waals surface area (Å²) in [6, 6.07) is 0. The number of ether oxygens (including phenoxy) is 1. The SMILES string of the molecule is O=C1O[C@H]([C@](CCO)(CSC2CC3C=CC2C3)C(=O)O)C(=O)C1O. The lowest BCUT2D eigenvalue weighted by Gasteiger charge is -2.33. The number of carbonyl (C=O) groups excluding carboxylic acids is 2. The van der Waals surface area contributed by atoms with Crippen molar-refractivity contribution in [2.75, 3.05) is 12.4 Å². The number of carboxylic acid groups (broad SMARTS) is 1. The highest BCUT2D eigenvalue weighted by atomic mass is 32.2. The predicted molar refractivity (Wildman–Crippen MR) is 84.3 cm³/mol. The minimum absolute atomic E-state index is 0.0427. The number of Topliss-reactive ketones (excluding diaryl/α,β-unsaturated/α-hetero) is 1. The number of aliphatic hydroxyl groups is 2. The van der Waals surface area contributed by atoms with E-state index in [1.165, 1.54) is 11.8 Å². The summed E-state index contributed by atoms with van der Waals surface area (Å²) in [6.45, 7) is -0.457. The van der Waals surface area contributed by atoms with Crippen molar-refractivity contribution < 1.29 is 34.4 Å². The Morgan fingerprint density at radius 2 is 2.08 bits per heavy atom. The highest BCUT2D eigenvalue weighted by molar-refractivity contribution is 8.00. The molecular formula is C16H20O7S. The molecule has 3 N–H and O–H groups in total. The van der Waals surface area contributed by atoms with Gasteiger partial charge in [-0.2, -0.15) is 11.8 Å². The molecule has 0 spiro atoms. The van der Waals surface area contributed by atoms with Gasteiger partial charge < -0.3 is 20.1 Å². The quantitative estimate of drug-likeness (QED) is 0.331. The van der Waals surface area contributed by atoms with Gasteiger partial charge in [-0.3, -0.25) is 9.59 Å². The van der Waals surface area contributed by atoms with E-state index in [1.54, 1.807) is 0 Å². The number of carboxylic acids is 1. The number of cyclic esters (lactones) is 1. The Balaban J connectivity index is 1.80. The largest absolute Gasteiger partial charge is 0.481 e. The average Bonchev–Trinajstić information content (AvgIpc) is 3.23. The first-order valence-corrected chi connectivity index (χ1v) is 9.00. The van der Waals surface area contributed by atoms with E-state index in [-0.39, 0.29) is 17.4 Å². The number of hydrogen-bond acceptors (Lipinski definition) is 7. The Labute approximate surface area is 143 Å². The van der Waals surface area contributed by atoms with E-state index in [2.05, 4.69) is 12.2 Å². The molecule has 0 aromatic rings. The van der Waals surface area contributed by atoms with Gasteiger partial charge in [0.25, 0.3) is 0 Å². The maximum atomic E-state index is 12.1. The summed E-state index contributed by atoms with van der Waals surface area (Å²) in [5.41, 5.74) is -1.73. The maximum absolute atomic E-state index is 12.1. The lowest BCUT2D eigenvalue weighted by Crippen LogP contribution is -2.49. The fourth-order valence-corrected chi connectivity index (χ4v) is 5.58. The molecule has 2 bridgehead atoms. The average molecular weight is 356 g/mol. The number of rotatable bonds is 7. The van der Waals surface area contributed by atoms with Crippen LogP contribution in [0.3, 0.4) is 0 Å². The molecule has 6 atom stereocenters. The molecule has 2 aliphatic carbocycles. The number of aliphatic carboxylic acids is 1. The van der Waals surface area contributed by atoms with Crippen LogP contribution in [0.25, 0.3) is 0 Å². The van der Waals surface area contributed by atoms with E-state index < -0.39 is 42.0 Å². The van der Waals surface area contributed by atoms with Gasteiger partial charge in [0.15, 0.2) is 6.10 Å². The smallest absolute Gasteiger partial charge is 0.343 e. The molecule has 0 aromatic carbocycles. The van der Waals surface area contributed by atoms with Gasteiger partial charge in [0.05, 0.1) is 0 Å². The zero-order valence-corrected chi connectivity index (χ0v) is 13.8. The predicted octanol–water partition coefficient (Wildman–Crippen LogP) is -0.00700. The van der Waals surface area contributed by atoms with E-state index >= 15 is 0 Å². The zero-order chi connectivity index (χ0) is 17.5. The molecule has 3 aliphatic rings. The second kappa shape index (κ2) is 6.50. The van der Waals surface area contributed by atoms with Crippen molar-refractivity contribution in [1.82, 2.24) is 0 Å². The number of fused-ring (bicyclic) bond motifs is 2. The number of carbonyl (C=O) groups is 3. The normalized spacial score (nSPS) is 36.8. The molecule has 132 valence electrons. The van der Waals surface area contributed by atoms with Gasteiger partial charge in [-0.05, 0) is 31.1 Å². The Hall–Kier alpha value is -1.38. The number of hydrogen-bond donors (Lipinski definition) is 3. The molecule has 2 fully saturated rings. The summed E-state index contributed by atoms with van der Waals surface area (Å²) in [6.07, 6.45) is 2.62. The van der Waals surface area contributed by atoms with E-state index in [1.807, 2.05) is 0 Å². The van der Waals surface area contributed by atoms with Gasteiger partial charge in [-0.25, -0.2) is 4.79 Å². The summed E-state index contributed by atoms with van der Waals surface area (Å²) in [4.78, 5) is 35.5. The third kappa shape index (κ3) is 2.76. The monoisotopic (exact) mass is 356 g/mol. The summed E-state index contributed by atoms with van der Waals surface area (Å²) >= 11 is 1.45. The molecule has 24 heavy (non-hydrogen) atoms. The fourth-order valence-electron chi connectivity index (χ4n) is 3.82. The first kappa shape index (κ1) is 17.4. The van der Waals surface area contributed by atoms with Crippen LogP contribution < -0.4 is 0 Å². The number of esters is 1. The molecule has 1 saturated heterocycles. The van der Waals surface area contributed by atoms with Crippen LogP contribution >= 0.6 is 11.8 Å². The molecule has 8 heteroatoms. The number of thioether (sulfide) groups is 1. The highest BCUT2D eigenvalue weighted by Crippen LogP contribution is 2.47. The number of aliphatic hydroxyl groups excluding tert-OH is 2. The third-order valence-electron chi connectivity index (χ3n) is 5.24. The van der Waals surface area contributed by atoms with Crippen LogP contribution in [0, 0.1) is 17.3 Å². The van der Waals surface area contributed by atoms with Gasteiger partial charge in [-0.1, -0.05) is 12.2 Å². The van der Waals surface area contributed by atoms with Crippen molar-refractivity contribution in [3.63, 3.8) is 0 Å². The minimum Gasteiger partial charge on any atom is -0.481 e. The van der Waals surface area contributed by atoms with E-state index in [4.69, 9.17) is 4.74 Å². The summed E-state index contributed by atoms with van der Waals surface area (Å²) in [5, 5.41) is 28.9. The van der Waals surface area contributed by atoms with Crippen molar-refractivity contribution in [2.24, 2.45) is 17.3 Å². The molecule has 7 nitrogen and oxygen atoms in total. The third-order valence-corrected chi connectivity index (χ3v) is 6.90. The molecule has 4 unspecified atom stereocenters. The maximum Gasteiger partial charge on any atom is 0.343 e. The van der Waals surface area contributed by atoms with Crippen LogP contribution in [0.4, 0.5) is 0 Å². The lowest BCUT2D eigenvalue weighted by molar-refractivity contribution is -0.164. The van der Waals surface area contributed by atoms with E-state index in [0.717, 1.165) is 12.8 Å². The van der Waals surface area contributed by atoms with Crippen molar-refractivity contribution >= 4 is 29.5 Å². The van der Waals surface area contributed by atoms with Crippen molar-refractivity contribution in [3.05, 3.63) is 12.2 Å². The van der Waals surface area contributed by atoms with Gasteiger partial charge in [0.1, 0.15) is 5.41 Å². The summed E-state index contributed by atoms with van der Waals surface area (Å²) in [5.74, 6) is -2.40. The van der Waals surface area contributed by atoms with Gasteiger partial charge >= 0.3 is 11.9 Å². The molecule has 1 saturated carbocycles. The summed E-state index contributed by atoms with van der Waals surface area (Å²) in [7, 11) is 0. The first-order chi connectivity index (χ1) is 11.4. The molecule has 1 heterocycles. The molecule has 0 radical (unpaired) electrons. The van der Waals surface area contributed by atoms with Crippen LogP contribution in [0.5, 0.6) is 0 Å². The zero-order valence-electron chi connectivity index (χ0n) is 13.0. The Bertz CT molecular complexity index is 589. The van der Waals surface area contributed by atoms with Crippen molar-refractivity contribution in [2.45, 2.75) is 36.7 Å². The fraction of sp³-hybridized carbons (Fsp3) is 0.688. The molecule has 0 aromatic heterocycles. The molecular weight excluding hydrogens is 336 g/mol. The van der Waals surface area contributed by atoms with Crippen LogP contribution in [-0.4, -0.2) is 62.9 Å². The van der Waals surface area contributed by atoms with Crippen LogP contribution in [-0.2, 0) is 19.1 Å².